The average Bonchev–Trinajstić information content (AvgIpc) is 2.28. The highest BCUT2D eigenvalue weighted by Crippen LogP contribution is 2.15. The van der Waals surface area contributed by atoms with Crippen LogP contribution in [-0.4, -0.2) is 28.1 Å². The first-order chi connectivity index (χ1) is 8.06. The van der Waals surface area contributed by atoms with Crippen molar-refractivity contribution in [1.29, 1.82) is 0 Å². The van der Waals surface area contributed by atoms with Crippen molar-refractivity contribution in [2.24, 2.45) is 0 Å². The van der Waals surface area contributed by atoms with Crippen molar-refractivity contribution in [1.82, 2.24) is 5.32 Å². The van der Waals surface area contributed by atoms with E-state index in [-0.39, 0.29) is 11.3 Å². The molecule has 17 heavy (non-hydrogen) atoms. The maximum atomic E-state index is 11.7. The molecule has 0 radical (unpaired) electrons. The van der Waals surface area contributed by atoms with Gasteiger partial charge in [-0.2, -0.15) is 0 Å². The summed E-state index contributed by atoms with van der Waals surface area (Å²) in [4.78, 5) is 22.6. The van der Waals surface area contributed by atoms with Gasteiger partial charge in [0.1, 0.15) is 11.8 Å². The van der Waals surface area contributed by atoms with E-state index in [2.05, 4.69) is 5.32 Å². The number of amides is 1. The normalized spacial score (nSPS) is 11.8. The Balaban J connectivity index is 2.77. The first-order valence-corrected chi connectivity index (χ1v) is 5.38. The Morgan fingerprint density at radius 1 is 1.35 bits per heavy atom. The van der Waals surface area contributed by atoms with Gasteiger partial charge < -0.3 is 15.5 Å². The highest BCUT2D eigenvalue weighted by molar-refractivity contribution is 5.98. The van der Waals surface area contributed by atoms with Gasteiger partial charge in [-0.1, -0.05) is 25.5 Å². The predicted octanol–water partition coefficient (Wildman–Crippen LogP) is 1.38. The van der Waals surface area contributed by atoms with Crippen molar-refractivity contribution in [2.45, 2.75) is 25.8 Å². The number of carbonyl (C=O) groups excluding carboxylic acids is 1. The van der Waals surface area contributed by atoms with Crippen LogP contribution in [0.25, 0.3) is 0 Å². The lowest BCUT2D eigenvalue weighted by Crippen LogP contribution is -2.40. The zero-order valence-corrected chi connectivity index (χ0v) is 9.51. The lowest BCUT2D eigenvalue weighted by molar-refractivity contribution is -0.139. The van der Waals surface area contributed by atoms with Crippen LogP contribution in [0.5, 0.6) is 5.75 Å². The lowest BCUT2D eigenvalue weighted by Gasteiger charge is -2.13. The molecule has 0 heterocycles. The molecule has 0 aliphatic rings. The molecule has 5 heteroatoms. The van der Waals surface area contributed by atoms with Crippen LogP contribution >= 0.6 is 0 Å². The van der Waals surface area contributed by atoms with E-state index in [9.17, 15) is 14.7 Å². The predicted molar refractivity (Wildman–Crippen MR) is 61.9 cm³/mol. The number of carbonyl (C=O) groups is 2. The third-order valence-corrected chi connectivity index (χ3v) is 2.33. The molecule has 0 saturated carbocycles. The molecule has 0 saturated heterocycles. The summed E-state index contributed by atoms with van der Waals surface area (Å²) >= 11 is 0. The molecule has 1 atom stereocenters. The van der Waals surface area contributed by atoms with Crippen molar-refractivity contribution < 1.29 is 19.8 Å². The molecule has 1 aromatic carbocycles. The monoisotopic (exact) mass is 237 g/mol. The number of rotatable bonds is 5. The Bertz CT molecular complexity index is 417. The van der Waals surface area contributed by atoms with E-state index >= 15 is 0 Å². The summed E-state index contributed by atoms with van der Waals surface area (Å²) in [6, 6.07) is 5.09. The zero-order chi connectivity index (χ0) is 12.8. The molecule has 1 rings (SSSR count). The molecule has 5 nitrogen and oxygen atoms in total. The highest BCUT2D eigenvalue weighted by Gasteiger charge is 2.20. The minimum atomic E-state index is -1.07. The number of para-hydroxylation sites is 1. The number of hydrogen-bond acceptors (Lipinski definition) is 3. The topological polar surface area (TPSA) is 86.6 Å². The molecular formula is C12H15NO4. The fraction of sp³-hybridized carbons (Fsp3) is 0.333. The Hall–Kier alpha value is -2.04. The second-order valence-corrected chi connectivity index (χ2v) is 3.67. The molecular weight excluding hydrogens is 222 g/mol. The maximum Gasteiger partial charge on any atom is 0.326 e. The summed E-state index contributed by atoms with van der Waals surface area (Å²) in [6.45, 7) is 1.84. The van der Waals surface area contributed by atoms with E-state index in [0.717, 1.165) is 0 Å². The van der Waals surface area contributed by atoms with E-state index in [1.165, 1.54) is 12.1 Å². The number of phenolic OH excluding ortho intramolecular Hbond substituents is 1. The SMILES string of the molecule is CCC[C@@H](NC(=O)c1ccccc1O)C(=O)O. The number of nitrogens with one attached hydrogen (secondary N) is 1. The zero-order valence-electron chi connectivity index (χ0n) is 9.51. The van der Waals surface area contributed by atoms with Crippen LogP contribution < -0.4 is 5.32 Å². The van der Waals surface area contributed by atoms with Gasteiger partial charge in [-0.3, -0.25) is 4.79 Å². The second-order valence-electron chi connectivity index (χ2n) is 3.67. The Kier molecular flexibility index (Phi) is 4.51. The quantitative estimate of drug-likeness (QED) is 0.722. The summed E-state index contributed by atoms with van der Waals surface area (Å²) in [5.74, 6) is -1.81. The van der Waals surface area contributed by atoms with Crippen LogP contribution in [0.15, 0.2) is 24.3 Å². The van der Waals surface area contributed by atoms with Crippen LogP contribution in [0.2, 0.25) is 0 Å². The van der Waals surface area contributed by atoms with Crippen molar-refractivity contribution in [3.63, 3.8) is 0 Å². The molecule has 0 aliphatic heterocycles. The third-order valence-electron chi connectivity index (χ3n) is 2.33. The van der Waals surface area contributed by atoms with Gasteiger partial charge >= 0.3 is 5.97 Å². The van der Waals surface area contributed by atoms with Crippen LogP contribution in [0, 0.1) is 0 Å². The highest BCUT2D eigenvalue weighted by atomic mass is 16.4. The summed E-state index contributed by atoms with van der Waals surface area (Å²) < 4.78 is 0. The summed E-state index contributed by atoms with van der Waals surface area (Å²) in [5.41, 5.74) is 0.0786. The number of carboxylic acids is 1. The van der Waals surface area contributed by atoms with E-state index < -0.39 is 17.9 Å². The summed E-state index contributed by atoms with van der Waals surface area (Å²) in [6.07, 6.45) is 1.01. The second kappa shape index (κ2) is 5.89. The van der Waals surface area contributed by atoms with E-state index in [0.29, 0.717) is 12.8 Å². The minimum Gasteiger partial charge on any atom is -0.507 e. The molecule has 1 aromatic rings. The molecule has 0 fully saturated rings. The molecule has 3 N–H and O–H groups in total. The van der Waals surface area contributed by atoms with Crippen LogP contribution in [-0.2, 0) is 4.79 Å². The van der Waals surface area contributed by atoms with Crippen LogP contribution in [0.3, 0.4) is 0 Å². The van der Waals surface area contributed by atoms with Gasteiger partial charge in [0, 0.05) is 0 Å². The van der Waals surface area contributed by atoms with Crippen LogP contribution in [0.1, 0.15) is 30.1 Å². The lowest BCUT2D eigenvalue weighted by atomic mass is 10.1. The van der Waals surface area contributed by atoms with Gasteiger partial charge in [0.15, 0.2) is 0 Å². The Morgan fingerprint density at radius 2 is 2.00 bits per heavy atom. The average molecular weight is 237 g/mol. The number of aliphatic carboxylic acids is 1. The molecule has 0 aliphatic carbocycles. The molecule has 0 spiro atoms. The number of aromatic hydroxyl groups is 1. The van der Waals surface area contributed by atoms with Gasteiger partial charge in [0.05, 0.1) is 5.56 Å². The number of hydrogen-bond donors (Lipinski definition) is 3. The first-order valence-electron chi connectivity index (χ1n) is 5.38. The summed E-state index contributed by atoms with van der Waals surface area (Å²) in [7, 11) is 0. The molecule has 0 aromatic heterocycles. The van der Waals surface area contributed by atoms with Crippen molar-refractivity contribution in [3.05, 3.63) is 29.8 Å². The molecule has 0 unspecified atom stereocenters. The van der Waals surface area contributed by atoms with Crippen LogP contribution in [0.4, 0.5) is 0 Å². The maximum absolute atomic E-state index is 11.7. The minimum absolute atomic E-state index is 0.0786. The van der Waals surface area contributed by atoms with Gasteiger partial charge in [0.2, 0.25) is 0 Å². The van der Waals surface area contributed by atoms with E-state index in [1.807, 2.05) is 6.92 Å². The van der Waals surface area contributed by atoms with Gasteiger partial charge in [-0.25, -0.2) is 4.79 Å². The van der Waals surface area contributed by atoms with Gasteiger partial charge in [-0.05, 0) is 18.6 Å². The fourth-order valence-corrected chi connectivity index (χ4v) is 1.45. The fourth-order valence-electron chi connectivity index (χ4n) is 1.45. The first kappa shape index (κ1) is 13.0. The van der Waals surface area contributed by atoms with E-state index in [4.69, 9.17) is 5.11 Å². The smallest absolute Gasteiger partial charge is 0.326 e. The van der Waals surface area contributed by atoms with Crippen molar-refractivity contribution in [3.8, 4) is 5.75 Å². The van der Waals surface area contributed by atoms with Crippen molar-refractivity contribution in [2.75, 3.05) is 0 Å². The Labute approximate surface area is 99.1 Å². The number of benzene rings is 1. The van der Waals surface area contributed by atoms with Crippen molar-refractivity contribution >= 4 is 11.9 Å². The molecule has 92 valence electrons. The Morgan fingerprint density at radius 3 is 2.53 bits per heavy atom. The summed E-state index contributed by atoms with van der Waals surface area (Å²) in [5, 5.41) is 20.7. The number of carboxylic acid groups (broad SMARTS) is 1. The third kappa shape index (κ3) is 3.48. The standard InChI is InChI=1S/C12H15NO4/c1-2-5-9(12(16)17)13-11(15)8-6-3-4-7-10(8)14/h3-4,6-7,9,14H,2,5H2,1H3,(H,13,15)(H,16,17)/t9-/m1/s1. The van der Waals surface area contributed by atoms with Gasteiger partial charge in [-0.15, -0.1) is 0 Å². The molecule has 0 bridgehead atoms. The largest absolute Gasteiger partial charge is 0.507 e. The molecule has 1 amide bonds. The number of phenols is 1. The van der Waals surface area contributed by atoms with E-state index in [1.54, 1.807) is 12.1 Å². The van der Waals surface area contributed by atoms with Gasteiger partial charge in [0.25, 0.3) is 5.91 Å².